The van der Waals surface area contributed by atoms with Gasteiger partial charge in [-0.2, -0.15) is 5.26 Å². The summed E-state index contributed by atoms with van der Waals surface area (Å²) < 4.78 is 0. The lowest BCUT2D eigenvalue weighted by Gasteiger charge is -2.07. The van der Waals surface area contributed by atoms with E-state index in [4.69, 9.17) is 5.26 Å². The number of carbonyl (C=O) groups is 1. The summed E-state index contributed by atoms with van der Waals surface area (Å²) in [6.45, 7) is 3.27. The van der Waals surface area contributed by atoms with Crippen LogP contribution in [0.15, 0.2) is 36.0 Å². The maximum absolute atomic E-state index is 10.8. The highest BCUT2D eigenvalue weighted by Gasteiger charge is 2.00. The summed E-state index contributed by atoms with van der Waals surface area (Å²) in [5.41, 5.74) is 2.01. The van der Waals surface area contributed by atoms with Crippen molar-refractivity contribution < 1.29 is 4.79 Å². The lowest BCUT2D eigenvalue weighted by atomic mass is 10.2. The number of hydrogen-bond acceptors (Lipinski definition) is 3. The van der Waals surface area contributed by atoms with Gasteiger partial charge >= 0.3 is 0 Å². The molecule has 0 bridgehead atoms. The Balaban J connectivity index is 2.91. The molecule has 76 valence electrons. The number of nitrogens with one attached hydrogen (secondary N) is 1. The van der Waals surface area contributed by atoms with Gasteiger partial charge in [-0.15, -0.1) is 0 Å². The van der Waals surface area contributed by atoms with Crippen molar-refractivity contribution in [3.63, 3.8) is 0 Å². The van der Waals surface area contributed by atoms with Crippen LogP contribution in [-0.4, -0.2) is 5.78 Å². The normalized spacial score (nSPS) is 10.6. The van der Waals surface area contributed by atoms with Crippen molar-refractivity contribution in [1.29, 1.82) is 5.26 Å². The van der Waals surface area contributed by atoms with E-state index < -0.39 is 0 Å². The molecular weight excluding hydrogens is 188 g/mol. The van der Waals surface area contributed by atoms with E-state index in [0.717, 1.165) is 11.4 Å². The Morgan fingerprint density at radius 1 is 1.40 bits per heavy atom. The molecule has 0 unspecified atom stereocenters. The molecule has 0 aliphatic rings. The van der Waals surface area contributed by atoms with Gasteiger partial charge in [-0.3, -0.25) is 4.79 Å². The SMILES string of the molecule is CC(=O)C=C(C)Nc1ccccc1C#N. The first kappa shape index (κ1) is 11.0. The second-order valence-electron chi connectivity index (χ2n) is 3.22. The van der Waals surface area contributed by atoms with Gasteiger partial charge in [0.25, 0.3) is 0 Å². The molecule has 1 aromatic rings. The van der Waals surface area contributed by atoms with Gasteiger partial charge < -0.3 is 5.32 Å². The van der Waals surface area contributed by atoms with Gasteiger partial charge in [-0.05, 0) is 32.1 Å². The van der Waals surface area contributed by atoms with Gasteiger partial charge in [0, 0.05) is 5.70 Å². The van der Waals surface area contributed by atoms with Crippen molar-refractivity contribution in [1.82, 2.24) is 0 Å². The predicted octanol–water partition coefficient (Wildman–Crippen LogP) is 2.46. The molecule has 15 heavy (non-hydrogen) atoms. The Morgan fingerprint density at radius 3 is 2.67 bits per heavy atom. The zero-order valence-electron chi connectivity index (χ0n) is 8.74. The highest BCUT2D eigenvalue weighted by Crippen LogP contribution is 2.15. The summed E-state index contributed by atoms with van der Waals surface area (Å²) >= 11 is 0. The van der Waals surface area contributed by atoms with Crippen LogP contribution in [0.4, 0.5) is 5.69 Å². The van der Waals surface area contributed by atoms with Gasteiger partial charge in [-0.25, -0.2) is 0 Å². The first-order chi connectivity index (χ1) is 7.13. The number of para-hydroxylation sites is 1. The molecule has 3 heteroatoms. The fourth-order valence-electron chi connectivity index (χ4n) is 1.24. The number of ketones is 1. The maximum Gasteiger partial charge on any atom is 0.154 e. The highest BCUT2D eigenvalue weighted by atomic mass is 16.1. The van der Waals surface area contributed by atoms with Crippen LogP contribution in [0.25, 0.3) is 0 Å². The van der Waals surface area contributed by atoms with Crippen molar-refractivity contribution >= 4 is 11.5 Å². The molecule has 0 heterocycles. The Bertz CT molecular complexity index is 441. The monoisotopic (exact) mass is 200 g/mol. The number of rotatable bonds is 3. The van der Waals surface area contributed by atoms with Crippen LogP contribution in [0.2, 0.25) is 0 Å². The van der Waals surface area contributed by atoms with Crippen molar-refractivity contribution in [3.8, 4) is 6.07 Å². The summed E-state index contributed by atoms with van der Waals surface area (Å²) in [7, 11) is 0. The van der Waals surface area contributed by atoms with Crippen LogP contribution < -0.4 is 5.32 Å². The molecule has 0 aromatic heterocycles. The van der Waals surface area contributed by atoms with Gasteiger partial charge in [0.05, 0.1) is 11.3 Å². The van der Waals surface area contributed by atoms with Crippen molar-refractivity contribution in [3.05, 3.63) is 41.6 Å². The third kappa shape index (κ3) is 3.28. The first-order valence-electron chi connectivity index (χ1n) is 4.58. The number of anilines is 1. The summed E-state index contributed by atoms with van der Waals surface area (Å²) in [6.07, 6.45) is 1.49. The molecule has 0 atom stereocenters. The van der Waals surface area contributed by atoms with Crippen LogP contribution in [0.3, 0.4) is 0 Å². The van der Waals surface area contributed by atoms with E-state index in [2.05, 4.69) is 11.4 Å². The van der Waals surface area contributed by atoms with Crippen molar-refractivity contribution in [2.24, 2.45) is 0 Å². The van der Waals surface area contributed by atoms with Crippen LogP contribution in [-0.2, 0) is 4.79 Å². The van der Waals surface area contributed by atoms with E-state index in [1.54, 1.807) is 25.1 Å². The zero-order chi connectivity index (χ0) is 11.3. The quantitative estimate of drug-likeness (QED) is 0.762. The van der Waals surface area contributed by atoms with E-state index in [1.165, 1.54) is 13.0 Å². The molecule has 3 nitrogen and oxygen atoms in total. The zero-order valence-corrected chi connectivity index (χ0v) is 8.74. The summed E-state index contributed by atoms with van der Waals surface area (Å²) in [6, 6.07) is 9.24. The number of nitrogens with zero attached hydrogens (tertiary/aromatic N) is 1. The Hall–Kier alpha value is -2.08. The van der Waals surface area contributed by atoms with E-state index in [1.807, 2.05) is 6.07 Å². The molecule has 1 N–H and O–H groups in total. The number of allylic oxidation sites excluding steroid dienone is 2. The minimum Gasteiger partial charge on any atom is -0.358 e. The Labute approximate surface area is 89.0 Å². The van der Waals surface area contributed by atoms with Gasteiger partial charge in [0.2, 0.25) is 0 Å². The third-order valence-corrected chi connectivity index (χ3v) is 1.80. The standard InChI is InChI=1S/C12H12N2O/c1-9(7-10(2)15)14-12-6-4-3-5-11(12)8-13/h3-7,14H,1-2H3. The fourth-order valence-corrected chi connectivity index (χ4v) is 1.24. The number of hydrogen-bond donors (Lipinski definition) is 1. The number of benzene rings is 1. The van der Waals surface area contributed by atoms with Gasteiger partial charge in [-0.1, -0.05) is 12.1 Å². The second kappa shape index (κ2) is 4.97. The van der Waals surface area contributed by atoms with Crippen LogP contribution >= 0.6 is 0 Å². The predicted molar refractivity (Wildman–Crippen MR) is 59.2 cm³/mol. The molecule has 0 saturated heterocycles. The highest BCUT2D eigenvalue weighted by molar-refractivity contribution is 5.88. The van der Waals surface area contributed by atoms with Gasteiger partial charge in [0.15, 0.2) is 5.78 Å². The van der Waals surface area contributed by atoms with Crippen LogP contribution in [0, 0.1) is 11.3 Å². The lowest BCUT2D eigenvalue weighted by molar-refractivity contribution is -0.112. The van der Waals surface area contributed by atoms with Crippen LogP contribution in [0.5, 0.6) is 0 Å². The van der Waals surface area contributed by atoms with Crippen LogP contribution in [0.1, 0.15) is 19.4 Å². The minimum atomic E-state index is -0.0190. The van der Waals surface area contributed by atoms with Crippen molar-refractivity contribution in [2.75, 3.05) is 5.32 Å². The third-order valence-electron chi connectivity index (χ3n) is 1.80. The Kier molecular flexibility index (Phi) is 3.64. The maximum atomic E-state index is 10.8. The van der Waals surface area contributed by atoms with E-state index in [9.17, 15) is 4.79 Å². The van der Waals surface area contributed by atoms with Gasteiger partial charge in [0.1, 0.15) is 6.07 Å². The average Bonchev–Trinajstić information content (AvgIpc) is 2.17. The molecule has 0 fully saturated rings. The number of carbonyl (C=O) groups excluding carboxylic acids is 1. The molecule has 0 aliphatic heterocycles. The van der Waals surface area contributed by atoms with E-state index in [-0.39, 0.29) is 5.78 Å². The minimum absolute atomic E-state index is 0.0190. The molecule has 0 saturated carbocycles. The Morgan fingerprint density at radius 2 is 2.07 bits per heavy atom. The molecule has 0 amide bonds. The molecule has 0 aliphatic carbocycles. The van der Waals surface area contributed by atoms with Crippen molar-refractivity contribution in [2.45, 2.75) is 13.8 Å². The summed E-state index contributed by atoms with van der Waals surface area (Å²) in [5, 5.41) is 11.8. The fraction of sp³-hybridized carbons (Fsp3) is 0.167. The summed E-state index contributed by atoms with van der Waals surface area (Å²) in [5.74, 6) is -0.0190. The first-order valence-corrected chi connectivity index (χ1v) is 4.58. The van der Waals surface area contributed by atoms with E-state index in [0.29, 0.717) is 5.56 Å². The second-order valence-corrected chi connectivity index (χ2v) is 3.22. The smallest absolute Gasteiger partial charge is 0.154 e. The molecule has 0 spiro atoms. The summed E-state index contributed by atoms with van der Waals surface area (Å²) in [4.78, 5) is 10.8. The largest absolute Gasteiger partial charge is 0.358 e. The molecule has 1 rings (SSSR count). The molecule has 1 aromatic carbocycles. The lowest BCUT2D eigenvalue weighted by Crippen LogP contribution is -1.99. The number of nitriles is 1. The topological polar surface area (TPSA) is 52.9 Å². The molecular formula is C12H12N2O. The molecule has 0 radical (unpaired) electrons. The van der Waals surface area contributed by atoms with E-state index >= 15 is 0 Å². The average molecular weight is 200 g/mol.